The Kier molecular flexibility index (Phi) is 3.08. The lowest BCUT2D eigenvalue weighted by atomic mass is 10.2. The van der Waals surface area contributed by atoms with Crippen molar-refractivity contribution in [2.45, 2.75) is 6.92 Å². The maximum Gasteiger partial charge on any atom is 0.157 e. The van der Waals surface area contributed by atoms with Crippen LogP contribution < -0.4 is 4.18 Å². The van der Waals surface area contributed by atoms with Gasteiger partial charge in [-0.05, 0) is 24.6 Å². The van der Waals surface area contributed by atoms with Gasteiger partial charge in [0.05, 0.1) is 5.02 Å². The number of aryl methyl sites for hydroxylation is 1. The van der Waals surface area contributed by atoms with E-state index in [2.05, 4.69) is 4.18 Å². The van der Waals surface area contributed by atoms with E-state index in [1.165, 1.54) is 6.07 Å². The Balaban J connectivity index is 2.93. The third-order valence-corrected chi connectivity index (χ3v) is 1.86. The van der Waals surface area contributed by atoms with E-state index >= 15 is 0 Å². The molecule has 1 aromatic rings. The quantitative estimate of drug-likeness (QED) is 0.692. The Morgan fingerprint density at radius 2 is 2.25 bits per heavy atom. The predicted octanol–water partition coefficient (Wildman–Crippen LogP) is 1.82. The molecule has 0 saturated heterocycles. The van der Waals surface area contributed by atoms with Gasteiger partial charge in [0, 0.05) is 0 Å². The second kappa shape index (κ2) is 3.89. The van der Waals surface area contributed by atoms with Crippen molar-refractivity contribution in [2.75, 3.05) is 0 Å². The Bertz CT molecular complexity index is 314. The first-order chi connectivity index (χ1) is 5.59. The minimum absolute atomic E-state index is 0.149. The van der Waals surface area contributed by atoms with E-state index in [9.17, 15) is 8.76 Å². The van der Waals surface area contributed by atoms with Crippen LogP contribution in [0.1, 0.15) is 5.56 Å². The van der Waals surface area contributed by atoms with Crippen molar-refractivity contribution < 1.29 is 12.9 Å². The summed E-state index contributed by atoms with van der Waals surface area (Å²) in [6.07, 6.45) is 0. The molecule has 66 valence electrons. The molecule has 1 atom stereocenters. The molecule has 0 aromatic heterocycles. The zero-order valence-corrected chi connectivity index (χ0v) is 7.82. The SMILES string of the molecule is Cc1ccc(OS(=O)[O-])c(Cl)c1. The summed E-state index contributed by atoms with van der Waals surface area (Å²) in [6, 6.07) is 4.85. The van der Waals surface area contributed by atoms with E-state index in [0.29, 0.717) is 5.02 Å². The first-order valence-electron chi connectivity index (χ1n) is 3.13. The average Bonchev–Trinajstić information content (AvgIpc) is 1.94. The van der Waals surface area contributed by atoms with Gasteiger partial charge in [-0.25, -0.2) is 4.21 Å². The molecule has 1 unspecified atom stereocenters. The van der Waals surface area contributed by atoms with Crippen molar-refractivity contribution in [2.24, 2.45) is 0 Å². The predicted molar refractivity (Wildman–Crippen MR) is 45.7 cm³/mol. The van der Waals surface area contributed by atoms with Gasteiger partial charge in [-0.2, -0.15) is 0 Å². The van der Waals surface area contributed by atoms with Crippen LogP contribution in [0.5, 0.6) is 5.75 Å². The molecule has 0 saturated carbocycles. The maximum atomic E-state index is 10.1. The number of rotatable bonds is 2. The van der Waals surface area contributed by atoms with Crippen LogP contribution in [0.25, 0.3) is 0 Å². The van der Waals surface area contributed by atoms with Gasteiger partial charge in [0.15, 0.2) is 5.75 Å². The maximum absolute atomic E-state index is 10.1. The highest BCUT2D eigenvalue weighted by molar-refractivity contribution is 7.74. The summed E-state index contributed by atoms with van der Waals surface area (Å²) in [5.74, 6) is 0.149. The van der Waals surface area contributed by atoms with E-state index in [1.807, 2.05) is 6.92 Å². The van der Waals surface area contributed by atoms with Crippen LogP contribution >= 0.6 is 11.6 Å². The Labute approximate surface area is 77.8 Å². The van der Waals surface area contributed by atoms with Crippen LogP contribution in [0.4, 0.5) is 0 Å². The molecule has 0 aliphatic heterocycles. The van der Waals surface area contributed by atoms with E-state index in [0.717, 1.165) is 5.56 Å². The summed E-state index contributed by atoms with van der Waals surface area (Å²) in [5, 5.41) is 0.291. The number of benzene rings is 1. The topological polar surface area (TPSA) is 49.4 Å². The minimum Gasteiger partial charge on any atom is -0.740 e. The number of hydrogen-bond donors (Lipinski definition) is 0. The molecule has 0 radical (unpaired) electrons. The van der Waals surface area contributed by atoms with Gasteiger partial charge in [0.25, 0.3) is 0 Å². The fourth-order valence-electron chi connectivity index (χ4n) is 0.747. The van der Waals surface area contributed by atoms with E-state index in [-0.39, 0.29) is 5.75 Å². The third-order valence-electron chi connectivity index (χ3n) is 1.25. The van der Waals surface area contributed by atoms with Crippen molar-refractivity contribution >= 4 is 23.0 Å². The second-order valence-corrected chi connectivity index (χ2v) is 3.20. The molecule has 1 aromatic carbocycles. The van der Waals surface area contributed by atoms with Crippen LogP contribution in [0, 0.1) is 6.92 Å². The summed E-state index contributed by atoms with van der Waals surface area (Å²) in [7, 11) is 0. The van der Waals surface area contributed by atoms with Crippen LogP contribution in [0.3, 0.4) is 0 Å². The van der Waals surface area contributed by atoms with Crippen molar-refractivity contribution in [1.82, 2.24) is 0 Å². The first-order valence-corrected chi connectivity index (χ1v) is 4.51. The van der Waals surface area contributed by atoms with Gasteiger partial charge < -0.3 is 8.74 Å². The molecular weight excluding hydrogens is 200 g/mol. The van der Waals surface area contributed by atoms with Gasteiger partial charge in [-0.3, -0.25) is 0 Å². The smallest absolute Gasteiger partial charge is 0.157 e. The first kappa shape index (κ1) is 9.51. The highest BCUT2D eigenvalue weighted by Gasteiger charge is 2.00. The molecular formula is C7H6ClO3S-. The summed E-state index contributed by atoms with van der Waals surface area (Å²) in [6.45, 7) is 1.85. The third kappa shape index (κ3) is 2.48. The zero-order chi connectivity index (χ0) is 9.14. The molecule has 0 N–H and O–H groups in total. The number of halogens is 1. The van der Waals surface area contributed by atoms with E-state index < -0.39 is 11.4 Å². The summed E-state index contributed by atoms with van der Waals surface area (Å²) in [5.41, 5.74) is 0.948. The lowest BCUT2D eigenvalue weighted by molar-refractivity contribution is 0.440. The lowest BCUT2D eigenvalue weighted by Gasteiger charge is -2.08. The molecule has 0 bridgehead atoms. The van der Waals surface area contributed by atoms with Gasteiger partial charge in [-0.1, -0.05) is 17.7 Å². The van der Waals surface area contributed by atoms with Gasteiger partial charge in [-0.15, -0.1) is 0 Å². The average molecular weight is 206 g/mol. The standard InChI is InChI=1S/C7H7ClO3S/c1-5-2-3-7(6(8)4-5)11-12(9)10/h2-4H,1H3,(H,9,10)/p-1. The van der Waals surface area contributed by atoms with E-state index in [1.54, 1.807) is 12.1 Å². The summed E-state index contributed by atoms with van der Waals surface area (Å²) in [4.78, 5) is 0. The molecule has 0 fully saturated rings. The molecule has 5 heteroatoms. The fourth-order valence-corrected chi connectivity index (χ4v) is 1.36. The van der Waals surface area contributed by atoms with Crippen LogP contribution in [-0.2, 0) is 11.4 Å². The second-order valence-electron chi connectivity index (χ2n) is 2.22. The Morgan fingerprint density at radius 3 is 2.75 bits per heavy atom. The molecule has 0 aliphatic carbocycles. The summed E-state index contributed by atoms with van der Waals surface area (Å²) < 4.78 is 24.6. The molecule has 0 amide bonds. The van der Waals surface area contributed by atoms with Gasteiger partial charge in [0.2, 0.25) is 0 Å². The van der Waals surface area contributed by atoms with Crippen LogP contribution in [-0.4, -0.2) is 8.76 Å². The van der Waals surface area contributed by atoms with Gasteiger partial charge >= 0.3 is 0 Å². The van der Waals surface area contributed by atoms with E-state index in [4.69, 9.17) is 11.6 Å². The Hall–Kier alpha value is -0.580. The van der Waals surface area contributed by atoms with Crippen molar-refractivity contribution in [3.8, 4) is 5.75 Å². The minimum atomic E-state index is -2.57. The molecule has 12 heavy (non-hydrogen) atoms. The van der Waals surface area contributed by atoms with Crippen LogP contribution in [0.2, 0.25) is 5.02 Å². The molecule has 1 rings (SSSR count). The normalized spacial score (nSPS) is 12.6. The monoisotopic (exact) mass is 205 g/mol. The highest BCUT2D eigenvalue weighted by atomic mass is 35.5. The van der Waals surface area contributed by atoms with Crippen molar-refractivity contribution in [3.05, 3.63) is 28.8 Å². The molecule has 0 heterocycles. The summed E-state index contributed by atoms with van der Waals surface area (Å²) >= 11 is 3.11. The Morgan fingerprint density at radius 1 is 1.58 bits per heavy atom. The molecule has 0 aliphatic rings. The largest absolute Gasteiger partial charge is 0.740 e. The highest BCUT2D eigenvalue weighted by Crippen LogP contribution is 2.25. The molecule has 0 spiro atoms. The van der Waals surface area contributed by atoms with Crippen LogP contribution in [0.15, 0.2) is 18.2 Å². The molecule has 3 nitrogen and oxygen atoms in total. The van der Waals surface area contributed by atoms with Crippen molar-refractivity contribution in [3.63, 3.8) is 0 Å². The number of hydrogen-bond acceptors (Lipinski definition) is 3. The zero-order valence-electron chi connectivity index (χ0n) is 6.24. The fraction of sp³-hybridized carbons (Fsp3) is 0.143. The van der Waals surface area contributed by atoms with Gasteiger partial charge in [0.1, 0.15) is 11.4 Å². The lowest BCUT2D eigenvalue weighted by Crippen LogP contribution is -1.98. The van der Waals surface area contributed by atoms with Crippen molar-refractivity contribution in [1.29, 1.82) is 0 Å².